The van der Waals surface area contributed by atoms with Crippen molar-refractivity contribution in [2.45, 2.75) is 19.4 Å². The van der Waals surface area contributed by atoms with E-state index < -0.39 is 0 Å². The van der Waals surface area contributed by atoms with E-state index in [4.69, 9.17) is 4.98 Å². The molecule has 6 nitrogen and oxygen atoms in total. The van der Waals surface area contributed by atoms with E-state index >= 15 is 0 Å². The Balaban J connectivity index is 1.60. The second kappa shape index (κ2) is 6.51. The van der Waals surface area contributed by atoms with E-state index in [-0.39, 0.29) is 6.67 Å². The molecule has 0 atom stereocenters. The van der Waals surface area contributed by atoms with E-state index in [1.165, 1.54) is 0 Å². The van der Waals surface area contributed by atoms with Crippen molar-refractivity contribution in [2.75, 3.05) is 12.0 Å². The van der Waals surface area contributed by atoms with Crippen LogP contribution in [0, 0.1) is 0 Å². The molecule has 0 fully saturated rings. The van der Waals surface area contributed by atoms with E-state index in [1.54, 1.807) is 12.4 Å². The second-order valence-electron chi connectivity index (χ2n) is 6.03. The van der Waals surface area contributed by atoms with Crippen LogP contribution < -0.4 is 5.32 Å². The van der Waals surface area contributed by atoms with Gasteiger partial charge in [0.2, 0.25) is 0 Å². The zero-order chi connectivity index (χ0) is 17.2. The third-order valence-electron chi connectivity index (χ3n) is 4.32. The first-order valence-electron chi connectivity index (χ1n) is 8.31. The Kier molecular flexibility index (Phi) is 4.05. The van der Waals surface area contributed by atoms with Gasteiger partial charge in [0.25, 0.3) is 0 Å². The zero-order valence-electron chi connectivity index (χ0n) is 14.0. The van der Waals surface area contributed by atoms with Gasteiger partial charge in [-0.15, -0.1) is 0 Å². The van der Waals surface area contributed by atoms with Crippen molar-refractivity contribution in [3.05, 3.63) is 43.0 Å². The first-order chi connectivity index (χ1) is 12.3. The van der Waals surface area contributed by atoms with Crippen molar-refractivity contribution in [1.82, 2.24) is 24.3 Å². The van der Waals surface area contributed by atoms with Crippen LogP contribution in [-0.2, 0) is 13.6 Å². The molecule has 0 aliphatic heterocycles. The van der Waals surface area contributed by atoms with Gasteiger partial charge in [0, 0.05) is 43.0 Å². The third-order valence-corrected chi connectivity index (χ3v) is 4.32. The maximum atomic E-state index is 12.2. The van der Waals surface area contributed by atoms with Gasteiger partial charge in [0.05, 0.1) is 24.1 Å². The minimum Gasteiger partial charge on any atom is -0.338 e. The quantitative estimate of drug-likeness (QED) is 0.543. The van der Waals surface area contributed by atoms with Crippen LogP contribution in [0.15, 0.2) is 43.0 Å². The van der Waals surface area contributed by atoms with Crippen LogP contribution in [0.25, 0.3) is 21.9 Å². The van der Waals surface area contributed by atoms with Crippen LogP contribution in [0.5, 0.6) is 0 Å². The number of nitrogens with zero attached hydrogens (tertiary/aromatic N) is 5. The molecule has 0 amide bonds. The van der Waals surface area contributed by atoms with Crippen molar-refractivity contribution >= 4 is 33.4 Å². The molecule has 0 saturated heterocycles. The van der Waals surface area contributed by atoms with Crippen molar-refractivity contribution < 1.29 is 4.39 Å². The fourth-order valence-electron chi connectivity index (χ4n) is 3.05. The molecule has 0 saturated carbocycles. The minimum atomic E-state index is -0.281. The summed E-state index contributed by atoms with van der Waals surface area (Å²) in [5, 5.41) is 9.75. The van der Waals surface area contributed by atoms with Crippen molar-refractivity contribution in [2.24, 2.45) is 7.05 Å². The highest BCUT2D eigenvalue weighted by Gasteiger charge is 2.10. The van der Waals surface area contributed by atoms with E-state index in [1.807, 2.05) is 36.3 Å². The van der Waals surface area contributed by atoms with Gasteiger partial charge in [-0.3, -0.25) is 14.1 Å². The SMILES string of the molecule is Cn1c2ccncc2c2ccc(Nc3cnn(CCCCF)c3)nc21. The maximum Gasteiger partial charge on any atom is 0.143 e. The Morgan fingerprint density at radius 1 is 1.12 bits per heavy atom. The average Bonchev–Trinajstić information content (AvgIpc) is 3.19. The lowest BCUT2D eigenvalue weighted by Crippen LogP contribution is -1.98. The molecule has 25 heavy (non-hydrogen) atoms. The largest absolute Gasteiger partial charge is 0.338 e. The van der Waals surface area contributed by atoms with E-state index in [0.717, 1.165) is 39.9 Å². The summed E-state index contributed by atoms with van der Waals surface area (Å²) in [6.45, 7) is 0.436. The van der Waals surface area contributed by atoms with Gasteiger partial charge in [-0.05, 0) is 31.0 Å². The first kappa shape index (κ1) is 15.6. The molecule has 0 aromatic carbocycles. The Hall–Kier alpha value is -2.96. The normalized spacial score (nSPS) is 11.4. The van der Waals surface area contributed by atoms with Gasteiger partial charge in [-0.25, -0.2) is 4.98 Å². The third kappa shape index (κ3) is 2.93. The summed E-state index contributed by atoms with van der Waals surface area (Å²) in [4.78, 5) is 8.94. The molecule has 0 bridgehead atoms. The van der Waals surface area contributed by atoms with Gasteiger partial charge in [-0.1, -0.05) is 0 Å². The molecule has 4 rings (SSSR count). The lowest BCUT2D eigenvalue weighted by Gasteiger charge is -2.04. The molecule has 0 aliphatic carbocycles. The molecular formula is C18H19FN6. The fraction of sp³-hybridized carbons (Fsp3) is 0.278. The summed E-state index contributed by atoms with van der Waals surface area (Å²) in [5.74, 6) is 0.759. The Morgan fingerprint density at radius 3 is 2.92 bits per heavy atom. The minimum absolute atomic E-state index is 0.281. The lowest BCUT2D eigenvalue weighted by atomic mass is 10.2. The lowest BCUT2D eigenvalue weighted by molar-refractivity contribution is 0.440. The van der Waals surface area contributed by atoms with Crippen LogP contribution in [0.1, 0.15) is 12.8 Å². The Labute approximate surface area is 144 Å². The van der Waals surface area contributed by atoms with Crippen LogP contribution in [0.3, 0.4) is 0 Å². The van der Waals surface area contributed by atoms with Crippen LogP contribution >= 0.6 is 0 Å². The molecule has 1 N–H and O–H groups in total. The molecule has 4 heterocycles. The number of aryl methyl sites for hydroxylation is 2. The first-order valence-corrected chi connectivity index (χ1v) is 8.31. The average molecular weight is 338 g/mol. The molecular weight excluding hydrogens is 319 g/mol. The summed E-state index contributed by atoms with van der Waals surface area (Å²) in [6.07, 6.45) is 8.68. The fourth-order valence-corrected chi connectivity index (χ4v) is 3.05. The predicted octanol–water partition coefficient (Wildman–Crippen LogP) is 3.81. The number of fused-ring (bicyclic) bond motifs is 3. The van der Waals surface area contributed by atoms with E-state index in [0.29, 0.717) is 13.0 Å². The molecule has 0 radical (unpaired) electrons. The predicted molar refractivity (Wildman–Crippen MR) is 96.7 cm³/mol. The smallest absolute Gasteiger partial charge is 0.143 e. The molecule has 4 aromatic heterocycles. The number of aromatic nitrogens is 5. The summed E-state index contributed by atoms with van der Waals surface area (Å²) in [5.41, 5.74) is 2.88. The number of nitrogens with one attached hydrogen (secondary N) is 1. The Morgan fingerprint density at radius 2 is 2.04 bits per heavy atom. The second-order valence-corrected chi connectivity index (χ2v) is 6.03. The van der Waals surface area contributed by atoms with Crippen LogP contribution in [-0.4, -0.2) is 31.0 Å². The number of unbranched alkanes of at least 4 members (excludes halogenated alkanes) is 1. The Bertz CT molecular complexity index is 1020. The topological polar surface area (TPSA) is 60.6 Å². The highest BCUT2D eigenvalue weighted by Crippen LogP contribution is 2.27. The summed E-state index contributed by atoms with van der Waals surface area (Å²) < 4.78 is 16.1. The van der Waals surface area contributed by atoms with Gasteiger partial charge in [-0.2, -0.15) is 5.10 Å². The monoisotopic (exact) mass is 338 g/mol. The summed E-state index contributed by atoms with van der Waals surface area (Å²) >= 11 is 0. The van der Waals surface area contributed by atoms with Crippen LogP contribution in [0.4, 0.5) is 15.9 Å². The molecule has 128 valence electrons. The van der Waals surface area contributed by atoms with Gasteiger partial charge >= 0.3 is 0 Å². The van der Waals surface area contributed by atoms with Crippen molar-refractivity contribution in [1.29, 1.82) is 0 Å². The number of halogens is 1. The van der Waals surface area contributed by atoms with Gasteiger partial charge in [0.15, 0.2) is 0 Å². The summed E-state index contributed by atoms with van der Waals surface area (Å²) in [7, 11) is 2.00. The van der Waals surface area contributed by atoms with E-state index in [2.05, 4.69) is 26.0 Å². The zero-order valence-corrected chi connectivity index (χ0v) is 14.0. The number of rotatable bonds is 6. The summed E-state index contributed by atoms with van der Waals surface area (Å²) in [6, 6.07) is 6.00. The standard InChI is InChI=1S/C18H19FN6/c1-24-16-6-8-20-11-15(16)14-4-5-17(23-18(14)24)22-13-10-21-25(12-13)9-3-2-7-19/h4-6,8,10-12H,2-3,7,9H2,1H3,(H,22,23). The number of hydrogen-bond acceptors (Lipinski definition) is 4. The van der Waals surface area contributed by atoms with E-state index in [9.17, 15) is 4.39 Å². The highest BCUT2D eigenvalue weighted by atomic mass is 19.1. The van der Waals surface area contributed by atoms with Crippen LogP contribution in [0.2, 0.25) is 0 Å². The number of anilines is 2. The van der Waals surface area contributed by atoms with Gasteiger partial charge in [0.1, 0.15) is 11.5 Å². The molecule has 4 aromatic rings. The molecule has 7 heteroatoms. The highest BCUT2D eigenvalue weighted by molar-refractivity contribution is 6.06. The number of hydrogen-bond donors (Lipinski definition) is 1. The molecule has 0 spiro atoms. The van der Waals surface area contributed by atoms with Crippen molar-refractivity contribution in [3.8, 4) is 0 Å². The maximum absolute atomic E-state index is 12.2. The number of pyridine rings is 2. The van der Waals surface area contributed by atoms with Crippen molar-refractivity contribution in [3.63, 3.8) is 0 Å². The number of alkyl halides is 1. The van der Waals surface area contributed by atoms with Gasteiger partial charge < -0.3 is 9.88 Å². The molecule has 0 unspecified atom stereocenters. The molecule has 0 aliphatic rings.